The van der Waals surface area contributed by atoms with Crippen molar-refractivity contribution in [2.45, 2.75) is 25.4 Å². The first-order chi connectivity index (χ1) is 6.92. The normalized spacial score (nSPS) is 23.1. The molecule has 6 nitrogen and oxygen atoms in total. The molecule has 1 rings (SSSR count). The van der Waals surface area contributed by atoms with Gasteiger partial charge in [-0.1, -0.05) is 0 Å². The van der Waals surface area contributed by atoms with Gasteiger partial charge in [0.1, 0.15) is 0 Å². The number of aliphatic carboxylic acids is 1. The van der Waals surface area contributed by atoms with E-state index >= 15 is 0 Å². The van der Waals surface area contributed by atoms with Gasteiger partial charge in [0.15, 0.2) is 0 Å². The molecule has 0 amide bonds. The fourth-order valence-electron chi connectivity index (χ4n) is 1.50. The van der Waals surface area contributed by atoms with Crippen LogP contribution in [-0.4, -0.2) is 53.9 Å². The van der Waals surface area contributed by atoms with E-state index < -0.39 is 22.1 Å². The van der Waals surface area contributed by atoms with Crippen LogP contribution in [0, 0.1) is 0 Å². The summed E-state index contributed by atoms with van der Waals surface area (Å²) in [7, 11) is -3.38. The minimum absolute atomic E-state index is 0.115. The van der Waals surface area contributed by atoms with E-state index in [4.69, 9.17) is 5.11 Å². The van der Waals surface area contributed by atoms with Crippen molar-refractivity contribution >= 4 is 16.0 Å². The average Bonchev–Trinajstić information content (AvgIpc) is 2.51. The molecule has 1 saturated heterocycles. The van der Waals surface area contributed by atoms with Gasteiger partial charge in [-0.15, -0.1) is 0 Å². The van der Waals surface area contributed by atoms with Crippen LogP contribution in [0.3, 0.4) is 0 Å². The average molecular weight is 237 g/mol. The molecule has 7 heteroatoms. The lowest BCUT2D eigenvalue weighted by Gasteiger charge is -2.14. The molecule has 0 saturated carbocycles. The molecule has 1 fully saturated rings. The van der Waals surface area contributed by atoms with Crippen molar-refractivity contribution in [1.82, 2.24) is 4.31 Å². The Morgan fingerprint density at radius 3 is 2.60 bits per heavy atom. The van der Waals surface area contributed by atoms with Gasteiger partial charge in [-0.2, -0.15) is 4.31 Å². The van der Waals surface area contributed by atoms with Crippen molar-refractivity contribution < 1.29 is 23.4 Å². The summed E-state index contributed by atoms with van der Waals surface area (Å²) in [6.45, 7) is 0.464. The maximum Gasteiger partial charge on any atom is 0.303 e. The number of aliphatic hydroxyl groups excluding tert-OH is 1. The second-order valence-electron chi connectivity index (χ2n) is 3.61. The summed E-state index contributed by atoms with van der Waals surface area (Å²) in [4.78, 5) is 10.2. The molecule has 0 bridgehead atoms. The molecule has 1 atom stereocenters. The van der Waals surface area contributed by atoms with Gasteiger partial charge in [0.2, 0.25) is 10.0 Å². The molecule has 0 spiro atoms. The Morgan fingerprint density at radius 1 is 1.47 bits per heavy atom. The quantitative estimate of drug-likeness (QED) is 0.656. The van der Waals surface area contributed by atoms with Crippen molar-refractivity contribution in [3.05, 3.63) is 0 Å². The molecule has 0 unspecified atom stereocenters. The molecule has 0 aromatic heterocycles. The maximum absolute atomic E-state index is 11.6. The summed E-state index contributed by atoms with van der Waals surface area (Å²) in [5.74, 6) is -1.15. The number of aliphatic hydroxyl groups is 1. The second kappa shape index (κ2) is 4.91. The first-order valence-corrected chi connectivity index (χ1v) is 6.40. The van der Waals surface area contributed by atoms with E-state index in [0.29, 0.717) is 13.0 Å². The number of carboxylic acid groups (broad SMARTS) is 1. The number of hydrogen-bond acceptors (Lipinski definition) is 4. The molecule has 0 aromatic carbocycles. The van der Waals surface area contributed by atoms with Crippen molar-refractivity contribution in [2.24, 2.45) is 0 Å². The highest BCUT2D eigenvalue weighted by Gasteiger charge is 2.29. The highest BCUT2D eigenvalue weighted by molar-refractivity contribution is 7.89. The Morgan fingerprint density at radius 2 is 2.13 bits per heavy atom. The number of nitrogens with zero attached hydrogens (tertiary/aromatic N) is 1. The number of sulfonamides is 1. The Hall–Kier alpha value is -0.660. The molecular weight excluding hydrogens is 222 g/mol. The van der Waals surface area contributed by atoms with Crippen molar-refractivity contribution in [2.75, 3.05) is 18.8 Å². The lowest BCUT2D eigenvalue weighted by atomic mass is 10.3. The van der Waals surface area contributed by atoms with E-state index in [-0.39, 0.29) is 25.1 Å². The predicted molar refractivity (Wildman–Crippen MR) is 52.9 cm³/mol. The fourth-order valence-corrected chi connectivity index (χ4v) is 3.05. The van der Waals surface area contributed by atoms with E-state index in [9.17, 15) is 18.3 Å². The van der Waals surface area contributed by atoms with E-state index in [1.54, 1.807) is 0 Å². The number of carbonyl (C=O) groups is 1. The van der Waals surface area contributed by atoms with Gasteiger partial charge in [-0.25, -0.2) is 8.42 Å². The Labute approximate surface area is 88.6 Å². The Bertz CT molecular complexity index is 326. The molecule has 1 aliphatic rings. The van der Waals surface area contributed by atoms with Gasteiger partial charge in [0.05, 0.1) is 11.9 Å². The lowest BCUT2D eigenvalue weighted by Crippen LogP contribution is -2.31. The van der Waals surface area contributed by atoms with Crippen LogP contribution in [0.25, 0.3) is 0 Å². The zero-order valence-electron chi connectivity index (χ0n) is 8.29. The number of carboxylic acids is 1. The maximum atomic E-state index is 11.6. The molecule has 1 heterocycles. The summed E-state index contributed by atoms with van der Waals surface area (Å²) in [5, 5.41) is 17.5. The van der Waals surface area contributed by atoms with Crippen molar-refractivity contribution in [3.8, 4) is 0 Å². The zero-order valence-corrected chi connectivity index (χ0v) is 9.11. The zero-order chi connectivity index (χ0) is 11.5. The van der Waals surface area contributed by atoms with Gasteiger partial charge in [0.25, 0.3) is 0 Å². The van der Waals surface area contributed by atoms with E-state index in [1.165, 1.54) is 4.31 Å². The first-order valence-electron chi connectivity index (χ1n) is 4.79. The molecule has 0 aromatic rings. The minimum atomic E-state index is -3.38. The van der Waals surface area contributed by atoms with Crippen LogP contribution >= 0.6 is 0 Å². The molecule has 0 aliphatic carbocycles. The monoisotopic (exact) mass is 237 g/mol. The van der Waals surface area contributed by atoms with E-state index in [2.05, 4.69) is 0 Å². The van der Waals surface area contributed by atoms with E-state index in [0.717, 1.165) is 0 Å². The van der Waals surface area contributed by atoms with Gasteiger partial charge in [-0.3, -0.25) is 4.79 Å². The Kier molecular flexibility index (Phi) is 4.06. The standard InChI is InChI=1S/C8H15NO5S/c10-7-3-4-9(6-7)15(13,14)5-1-2-8(11)12/h7,10H,1-6H2,(H,11,12)/t7-/m0/s1. The topological polar surface area (TPSA) is 94.9 Å². The molecule has 88 valence electrons. The first kappa shape index (κ1) is 12.4. The largest absolute Gasteiger partial charge is 0.481 e. The number of β-amino-alcohol motifs (C(OH)–C–C–N with tert-alkyl or cyclic N) is 1. The summed E-state index contributed by atoms with van der Waals surface area (Å²) >= 11 is 0. The van der Waals surface area contributed by atoms with Gasteiger partial charge < -0.3 is 10.2 Å². The van der Waals surface area contributed by atoms with Crippen molar-refractivity contribution in [3.63, 3.8) is 0 Å². The van der Waals surface area contributed by atoms with Crippen LogP contribution in [-0.2, 0) is 14.8 Å². The highest BCUT2D eigenvalue weighted by Crippen LogP contribution is 2.14. The Balaban J connectivity index is 2.42. The smallest absolute Gasteiger partial charge is 0.303 e. The van der Waals surface area contributed by atoms with Gasteiger partial charge in [0, 0.05) is 19.5 Å². The van der Waals surface area contributed by atoms with Crippen LogP contribution in [0.5, 0.6) is 0 Å². The number of rotatable bonds is 5. The van der Waals surface area contributed by atoms with E-state index in [1.807, 2.05) is 0 Å². The number of hydrogen-bond donors (Lipinski definition) is 2. The predicted octanol–water partition coefficient (Wildman–Crippen LogP) is -0.752. The summed E-state index contributed by atoms with van der Waals surface area (Å²) in [6.07, 6.45) is -0.155. The molecule has 15 heavy (non-hydrogen) atoms. The molecule has 2 N–H and O–H groups in total. The van der Waals surface area contributed by atoms with Crippen LogP contribution < -0.4 is 0 Å². The van der Waals surface area contributed by atoms with Gasteiger partial charge >= 0.3 is 5.97 Å². The molecule has 0 radical (unpaired) electrons. The third-order valence-corrected chi connectivity index (χ3v) is 4.24. The summed E-state index contributed by atoms with van der Waals surface area (Å²) in [5.41, 5.74) is 0. The fraction of sp³-hybridized carbons (Fsp3) is 0.875. The third kappa shape index (κ3) is 3.77. The molecular formula is C8H15NO5S. The lowest BCUT2D eigenvalue weighted by molar-refractivity contribution is -0.137. The second-order valence-corrected chi connectivity index (χ2v) is 5.70. The SMILES string of the molecule is O=C(O)CCCS(=O)(=O)N1CC[C@H](O)C1. The highest BCUT2D eigenvalue weighted by atomic mass is 32.2. The third-order valence-electron chi connectivity index (χ3n) is 2.31. The summed E-state index contributed by atoms with van der Waals surface area (Å²) < 4.78 is 24.4. The summed E-state index contributed by atoms with van der Waals surface area (Å²) in [6, 6.07) is 0. The van der Waals surface area contributed by atoms with Crippen LogP contribution in [0.1, 0.15) is 19.3 Å². The minimum Gasteiger partial charge on any atom is -0.481 e. The van der Waals surface area contributed by atoms with Crippen molar-refractivity contribution in [1.29, 1.82) is 0 Å². The van der Waals surface area contributed by atoms with Crippen LogP contribution in [0.2, 0.25) is 0 Å². The van der Waals surface area contributed by atoms with Gasteiger partial charge in [-0.05, 0) is 12.8 Å². The van der Waals surface area contributed by atoms with Crippen LogP contribution in [0.4, 0.5) is 0 Å². The molecule has 1 aliphatic heterocycles. The van der Waals surface area contributed by atoms with Crippen LogP contribution in [0.15, 0.2) is 0 Å².